The molecule has 0 atom stereocenters. The lowest BCUT2D eigenvalue weighted by atomic mass is 10.2. The van der Waals surface area contributed by atoms with Crippen molar-refractivity contribution in [3.8, 4) is 5.75 Å². The summed E-state index contributed by atoms with van der Waals surface area (Å²) in [6.45, 7) is 2.74. The minimum absolute atomic E-state index is 0.399. The molecule has 2 aromatic carbocycles. The van der Waals surface area contributed by atoms with Crippen molar-refractivity contribution in [3.05, 3.63) is 57.7 Å². The molecule has 0 bridgehead atoms. The third kappa shape index (κ3) is 7.61. The van der Waals surface area contributed by atoms with Gasteiger partial charge in [-0.15, -0.1) is 0 Å². The highest BCUT2D eigenvalue weighted by molar-refractivity contribution is 14.1. The molecular weight excluding hydrogens is 535 g/mol. The number of amides is 1. The lowest BCUT2D eigenvalue weighted by Crippen LogP contribution is -2.28. The topological polar surface area (TPSA) is 29.5 Å². The first-order chi connectivity index (χ1) is 13.3. The van der Waals surface area contributed by atoms with E-state index in [0.717, 1.165) is 27.1 Å². The molecule has 8 heteroatoms. The number of carbonyl (C=O) groups excluding carboxylic acids is 1. The number of alkyl halides is 3. The lowest BCUT2D eigenvalue weighted by molar-refractivity contribution is 0.101. The zero-order valence-electron chi connectivity index (χ0n) is 15.3. The Labute approximate surface area is 193 Å². The predicted molar refractivity (Wildman–Crippen MR) is 125 cm³/mol. The first kappa shape index (κ1) is 23.6. The van der Waals surface area contributed by atoms with Crippen LogP contribution in [0, 0.1) is 3.57 Å². The fourth-order valence-electron chi connectivity index (χ4n) is 2.48. The molecule has 2 rings (SSSR count). The average Bonchev–Trinajstić information content (AvgIpc) is 2.65. The van der Waals surface area contributed by atoms with Crippen LogP contribution < -0.4 is 9.04 Å². The minimum Gasteiger partial charge on any atom is -0.494 e. The Hall–Kier alpha value is -0.700. The van der Waals surface area contributed by atoms with Gasteiger partial charge in [-0.25, -0.2) is 4.31 Å². The van der Waals surface area contributed by atoms with Crippen molar-refractivity contribution in [2.24, 2.45) is 0 Å². The number of carbonyl (C=O) groups is 1. The molecule has 1 amide bonds. The molecule has 0 fully saturated rings. The maximum Gasteiger partial charge on any atom is 0.324 e. The number of halogens is 4. The molecule has 0 unspecified atom stereocenters. The smallest absolute Gasteiger partial charge is 0.324 e. The van der Waals surface area contributed by atoms with Gasteiger partial charge in [0.05, 0.1) is 17.9 Å². The summed E-state index contributed by atoms with van der Waals surface area (Å²) in [6, 6.07) is 14.0. The van der Waals surface area contributed by atoms with Gasteiger partial charge in [-0.05, 0) is 53.3 Å². The van der Waals surface area contributed by atoms with E-state index in [-0.39, 0.29) is 0 Å². The van der Waals surface area contributed by atoms with E-state index in [2.05, 4.69) is 29.5 Å². The van der Waals surface area contributed by atoms with E-state index in [1.807, 2.05) is 6.07 Å². The largest absolute Gasteiger partial charge is 0.494 e. The molecule has 0 aliphatic heterocycles. The van der Waals surface area contributed by atoms with Crippen LogP contribution in [0.5, 0.6) is 5.75 Å². The summed E-state index contributed by atoms with van der Waals surface area (Å²) < 4.78 is 19.0. The summed E-state index contributed by atoms with van der Waals surface area (Å²) in [5.74, 6) is 0.183. The summed E-state index contributed by atoms with van der Waals surface area (Å²) >= 11 is 13.6. The van der Waals surface area contributed by atoms with E-state index in [1.165, 1.54) is 6.42 Å². The van der Waals surface area contributed by atoms with E-state index in [1.54, 1.807) is 42.5 Å². The van der Waals surface area contributed by atoms with E-state index in [9.17, 15) is 9.18 Å². The maximum absolute atomic E-state index is 14.0. The second-order valence-corrected chi connectivity index (χ2v) is 9.98. The second kappa shape index (κ2) is 11.5. The Morgan fingerprint density at radius 3 is 2.61 bits per heavy atom. The van der Waals surface area contributed by atoms with Crippen LogP contribution in [-0.2, 0) is 0 Å². The van der Waals surface area contributed by atoms with Crippen LogP contribution >= 0.6 is 57.7 Å². The van der Waals surface area contributed by atoms with Crippen LogP contribution in [0.1, 0.15) is 43.0 Å². The summed E-state index contributed by atoms with van der Waals surface area (Å²) in [4.78, 5) is 13.1. The van der Waals surface area contributed by atoms with Gasteiger partial charge < -0.3 is 4.74 Å². The van der Waals surface area contributed by atoms with Crippen LogP contribution in [0.2, 0.25) is 0 Å². The highest BCUT2D eigenvalue weighted by Crippen LogP contribution is 2.42. The first-order valence-corrected chi connectivity index (χ1v) is 11.5. The Bertz CT molecular complexity index is 789. The molecule has 2 aromatic rings. The summed E-state index contributed by atoms with van der Waals surface area (Å²) in [7, 11) is 0. The fraction of sp³-hybridized carbons (Fsp3) is 0.350. The van der Waals surface area contributed by atoms with Crippen molar-refractivity contribution in [1.82, 2.24) is 0 Å². The molecule has 0 saturated carbocycles. The van der Waals surface area contributed by atoms with Gasteiger partial charge in [0.2, 0.25) is 0 Å². The van der Waals surface area contributed by atoms with Gasteiger partial charge in [-0.2, -0.15) is 4.39 Å². The van der Waals surface area contributed by atoms with Gasteiger partial charge >= 0.3 is 3.92 Å². The van der Waals surface area contributed by atoms with E-state index >= 15 is 0 Å². The number of anilines is 1. The molecule has 0 saturated heterocycles. The quantitative estimate of drug-likeness (QED) is 0.131. The van der Waals surface area contributed by atoms with E-state index < -0.39 is 9.83 Å². The van der Waals surface area contributed by atoms with Gasteiger partial charge in [-0.1, -0.05) is 67.6 Å². The normalized spacial score (nSPS) is 11.3. The van der Waals surface area contributed by atoms with Crippen molar-refractivity contribution < 1.29 is 13.9 Å². The zero-order valence-corrected chi connectivity index (χ0v) is 19.8. The predicted octanol–water partition coefficient (Wildman–Crippen LogP) is 7.60. The number of unbranched alkanes of at least 4 members (excludes halogenated alkanes) is 3. The molecule has 3 nitrogen and oxygen atoms in total. The third-order valence-electron chi connectivity index (χ3n) is 3.80. The van der Waals surface area contributed by atoms with Gasteiger partial charge in [-0.3, -0.25) is 4.79 Å². The SMILES string of the molecule is CCCCCCOc1cccc(N(SC(F)(Cl)Cl)C(=O)c2ccccc2I)c1. The van der Waals surface area contributed by atoms with Gasteiger partial charge in [0.25, 0.3) is 5.91 Å². The van der Waals surface area contributed by atoms with Crippen LogP contribution in [0.3, 0.4) is 0 Å². The van der Waals surface area contributed by atoms with Crippen LogP contribution in [0.15, 0.2) is 48.5 Å². The van der Waals surface area contributed by atoms with Crippen LogP contribution in [0.4, 0.5) is 10.1 Å². The molecule has 0 aliphatic carbocycles. The molecule has 28 heavy (non-hydrogen) atoms. The van der Waals surface area contributed by atoms with Crippen LogP contribution in [-0.4, -0.2) is 16.4 Å². The lowest BCUT2D eigenvalue weighted by Gasteiger charge is -2.24. The van der Waals surface area contributed by atoms with E-state index in [0.29, 0.717) is 35.6 Å². The fourth-order valence-corrected chi connectivity index (χ4v) is 4.12. The highest BCUT2D eigenvalue weighted by atomic mass is 127. The van der Waals surface area contributed by atoms with Crippen molar-refractivity contribution >= 4 is 69.3 Å². The van der Waals surface area contributed by atoms with Gasteiger partial charge in [0.1, 0.15) is 5.75 Å². The highest BCUT2D eigenvalue weighted by Gasteiger charge is 2.33. The Morgan fingerprint density at radius 2 is 1.93 bits per heavy atom. The Morgan fingerprint density at radius 1 is 1.18 bits per heavy atom. The van der Waals surface area contributed by atoms with Gasteiger partial charge in [0, 0.05) is 21.6 Å². The number of benzene rings is 2. The number of rotatable bonds is 10. The van der Waals surface area contributed by atoms with Crippen molar-refractivity contribution in [2.75, 3.05) is 10.9 Å². The number of hydrogen-bond donors (Lipinski definition) is 0. The maximum atomic E-state index is 14.0. The number of hydrogen-bond acceptors (Lipinski definition) is 3. The molecule has 0 aromatic heterocycles. The first-order valence-electron chi connectivity index (χ1n) is 8.89. The molecule has 0 radical (unpaired) electrons. The molecule has 0 aliphatic rings. The molecule has 0 N–H and O–H groups in total. The zero-order chi connectivity index (χ0) is 20.6. The monoisotopic (exact) mass is 555 g/mol. The van der Waals surface area contributed by atoms with Crippen LogP contribution in [0.25, 0.3) is 0 Å². The molecular formula is C20H21Cl2FINO2S. The van der Waals surface area contributed by atoms with Gasteiger partial charge in [0.15, 0.2) is 0 Å². The van der Waals surface area contributed by atoms with Crippen molar-refractivity contribution in [3.63, 3.8) is 0 Å². The Kier molecular flexibility index (Phi) is 9.66. The summed E-state index contributed by atoms with van der Waals surface area (Å²) in [5, 5.41) is 0. The van der Waals surface area contributed by atoms with E-state index in [4.69, 9.17) is 27.9 Å². The summed E-state index contributed by atoms with van der Waals surface area (Å²) in [6.07, 6.45) is 4.38. The van der Waals surface area contributed by atoms with Crippen molar-refractivity contribution in [2.45, 2.75) is 36.5 Å². The minimum atomic E-state index is -2.66. The Balaban J connectivity index is 2.23. The molecule has 0 heterocycles. The number of ether oxygens (including phenoxy) is 1. The molecule has 0 spiro atoms. The third-order valence-corrected chi connectivity index (χ3v) is 5.92. The second-order valence-electron chi connectivity index (χ2n) is 6.02. The number of nitrogens with zero attached hydrogens (tertiary/aromatic N) is 1. The van der Waals surface area contributed by atoms with Crippen molar-refractivity contribution in [1.29, 1.82) is 0 Å². The standard InChI is InChI=1S/C20H21Cl2FINO2S/c1-2-3-4-7-13-27-16-10-8-9-15(14-16)25(28-20(21,22)23)19(26)17-11-5-6-12-18(17)24/h5-6,8-12,14H,2-4,7,13H2,1H3. The summed E-state index contributed by atoms with van der Waals surface area (Å²) in [5.41, 5.74) is 0.864. The average molecular weight is 556 g/mol. The molecule has 152 valence electrons.